The molecule has 5 heteroatoms. The first-order valence-corrected chi connectivity index (χ1v) is 5.96. The van der Waals surface area contributed by atoms with Crippen molar-refractivity contribution in [3.8, 4) is 0 Å². The molecule has 0 aromatic carbocycles. The molecule has 1 aromatic heterocycles. The van der Waals surface area contributed by atoms with Crippen molar-refractivity contribution in [2.24, 2.45) is 5.92 Å². The second-order valence-corrected chi connectivity index (χ2v) is 4.95. The second-order valence-electron chi connectivity index (χ2n) is 4.15. The fourth-order valence-corrected chi connectivity index (χ4v) is 2.35. The standard InChI is InChI=1S/C10H14BrN3O/c1-6-2-3-7(4-6)14-9-8(11)10(15)13-5-12-9/h5-7H,2-4H2,1H3,(H2,12,13,14,15). The van der Waals surface area contributed by atoms with E-state index in [0.717, 1.165) is 18.8 Å². The van der Waals surface area contributed by atoms with E-state index in [1.54, 1.807) is 0 Å². The summed E-state index contributed by atoms with van der Waals surface area (Å²) < 4.78 is 0.490. The van der Waals surface area contributed by atoms with Crippen LogP contribution in [0.3, 0.4) is 0 Å². The van der Waals surface area contributed by atoms with Gasteiger partial charge in [0.15, 0.2) is 0 Å². The van der Waals surface area contributed by atoms with Gasteiger partial charge >= 0.3 is 0 Å². The Balaban J connectivity index is 2.11. The van der Waals surface area contributed by atoms with Gasteiger partial charge in [-0.25, -0.2) is 4.98 Å². The molecule has 1 aliphatic rings. The third-order valence-corrected chi connectivity index (χ3v) is 3.57. The maximum Gasteiger partial charge on any atom is 0.267 e. The van der Waals surface area contributed by atoms with Gasteiger partial charge in [-0.05, 0) is 41.1 Å². The Morgan fingerprint density at radius 1 is 1.60 bits per heavy atom. The van der Waals surface area contributed by atoms with Crippen LogP contribution in [0.5, 0.6) is 0 Å². The number of H-pyrrole nitrogens is 1. The van der Waals surface area contributed by atoms with E-state index in [2.05, 4.69) is 38.1 Å². The summed E-state index contributed by atoms with van der Waals surface area (Å²) in [5.41, 5.74) is -0.140. The summed E-state index contributed by atoms with van der Waals surface area (Å²) >= 11 is 3.23. The summed E-state index contributed by atoms with van der Waals surface area (Å²) in [6, 6.07) is 0.450. The van der Waals surface area contributed by atoms with Crippen molar-refractivity contribution < 1.29 is 0 Å². The van der Waals surface area contributed by atoms with Crippen LogP contribution in [0.2, 0.25) is 0 Å². The zero-order valence-electron chi connectivity index (χ0n) is 8.59. The van der Waals surface area contributed by atoms with E-state index in [0.29, 0.717) is 16.3 Å². The highest BCUT2D eigenvalue weighted by Crippen LogP contribution is 2.28. The summed E-state index contributed by atoms with van der Waals surface area (Å²) in [6.07, 6.45) is 4.98. The minimum absolute atomic E-state index is 0.140. The molecule has 2 N–H and O–H groups in total. The number of nitrogens with zero attached hydrogens (tertiary/aromatic N) is 1. The van der Waals surface area contributed by atoms with Gasteiger partial charge in [-0.15, -0.1) is 0 Å². The Labute approximate surface area is 96.6 Å². The predicted octanol–water partition coefficient (Wildman–Crippen LogP) is 2.13. The largest absolute Gasteiger partial charge is 0.366 e. The molecule has 15 heavy (non-hydrogen) atoms. The van der Waals surface area contributed by atoms with Crippen LogP contribution in [-0.4, -0.2) is 16.0 Å². The first-order valence-electron chi connectivity index (χ1n) is 5.16. The summed E-state index contributed by atoms with van der Waals surface area (Å²) in [4.78, 5) is 17.9. The first kappa shape index (κ1) is 10.7. The molecule has 82 valence electrons. The number of anilines is 1. The molecule has 0 aliphatic heterocycles. The Bertz CT molecular complexity index is 404. The molecule has 0 bridgehead atoms. The number of nitrogens with one attached hydrogen (secondary N) is 2. The molecule has 2 unspecified atom stereocenters. The van der Waals surface area contributed by atoms with Crippen molar-refractivity contribution in [1.29, 1.82) is 0 Å². The molecule has 1 aromatic rings. The van der Waals surface area contributed by atoms with E-state index in [1.165, 1.54) is 12.7 Å². The van der Waals surface area contributed by atoms with Crippen LogP contribution >= 0.6 is 15.9 Å². The number of halogens is 1. The molecule has 1 fully saturated rings. The molecule has 1 saturated carbocycles. The normalized spacial score (nSPS) is 25.5. The molecular weight excluding hydrogens is 258 g/mol. The van der Waals surface area contributed by atoms with Crippen LogP contribution < -0.4 is 10.9 Å². The van der Waals surface area contributed by atoms with Crippen LogP contribution in [-0.2, 0) is 0 Å². The van der Waals surface area contributed by atoms with Gasteiger partial charge < -0.3 is 10.3 Å². The highest BCUT2D eigenvalue weighted by Gasteiger charge is 2.22. The van der Waals surface area contributed by atoms with Crippen molar-refractivity contribution in [2.45, 2.75) is 32.2 Å². The van der Waals surface area contributed by atoms with Crippen LogP contribution in [0.15, 0.2) is 15.6 Å². The van der Waals surface area contributed by atoms with Gasteiger partial charge in [0, 0.05) is 6.04 Å². The average Bonchev–Trinajstić information content (AvgIpc) is 2.59. The third kappa shape index (κ3) is 2.40. The minimum atomic E-state index is -0.140. The van der Waals surface area contributed by atoms with E-state index >= 15 is 0 Å². The Hall–Kier alpha value is -0.840. The van der Waals surface area contributed by atoms with E-state index in [9.17, 15) is 4.79 Å². The molecule has 0 radical (unpaired) electrons. The minimum Gasteiger partial charge on any atom is -0.366 e. The molecule has 2 atom stereocenters. The SMILES string of the molecule is CC1CCC(Nc2nc[nH]c(=O)c2Br)C1. The Kier molecular flexibility index (Phi) is 3.09. The quantitative estimate of drug-likeness (QED) is 0.867. The molecule has 0 spiro atoms. The number of aromatic nitrogens is 2. The summed E-state index contributed by atoms with van der Waals surface area (Å²) in [6.45, 7) is 2.25. The van der Waals surface area contributed by atoms with Gasteiger partial charge in [-0.2, -0.15) is 0 Å². The van der Waals surface area contributed by atoms with Crippen LogP contribution in [0, 0.1) is 5.92 Å². The van der Waals surface area contributed by atoms with Gasteiger partial charge in [-0.3, -0.25) is 4.79 Å². The second kappa shape index (κ2) is 4.35. The lowest BCUT2D eigenvalue weighted by molar-refractivity contribution is 0.602. The van der Waals surface area contributed by atoms with Gasteiger partial charge in [0.2, 0.25) is 0 Å². The van der Waals surface area contributed by atoms with Crippen LogP contribution in [0.1, 0.15) is 26.2 Å². The molecule has 1 heterocycles. The summed E-state index contributed by atoms with van der Waals surface area (Å²) in [5, 5.41) is 3.30. The summed E-state index contributed by atoms with van der Waals surface area (Å²) in [5.74, 6) is 1.42. The fraction of sp³-hybridized carbons (Fsp3) is 0.600. The predicted molar refractivity (Wildman–Crippen MR) is 63.0 cm³/mol. The average molecular weight is 272 g/mol. The fourth-order valence-electron chi connectivity index (χ4n) is 2.02. The molecule has 0 saturated heterocycles. The van der Waals surface area contributed by atoms with Crippen LogP contribution in [0.25, 0.3) is 0 Å². The zero-order valence-corrected chi connectivity index (χ0v) is 10.2. The monoisotopic (exact) mass is 271 g/mol. The van der Waals surface area contributed by atoms with Crippen molar-refractivity contribution >= 4 is 21.7 Å². The molecule has 4 nitrogen and oxygen atoms in total. The topological polar surface area (TPSA) is 57.8 Å². The molecule has 1 aliphatic carbocycles. The van der Waals surface area contributed by atoms with Gasteiger partial charge in [0.05, 0.1) is 6.33 Å². The molecular formula is C10H14BrN3O. The lowest BCUT2D eigenvalue weighted by Crippen LogP contribution is -2.19. The van der Waals surface area contributed by atoms with E-state index in [4.69, 9.17) is 0 Å². The van der Waals surface area contributed by atoms with Gasteiger partial charge in [0.1, 0.15) is 10.3 Å². The van der Waals surface area contributed by atoms with E-state index < -0.39 is 0 Å². The van der Waals surface area contributed by atoms with Crippen molar-refractivity contribution in [3.05, 3.63) is 21.2 Å². The molecule has 0 amide bonds. The third-order valence-electron chi connectivity index (χ3n) is 2.83. The lowest BCUT2D eigenvalue weighted by atomic mass is 10.1. The Morgan fingerprint density at radius 3 is 3.07 bits per heavy atom. The lowest BCUT2D eigenvalue weighted by Gasteiger charge is -2.13. The Morgan fingerprint density at radius 2 is 2.40 bits per heavy atom. The maximum absolute atomic E-state index is 11.3. The smallest absolute Gasteiger partial charge is 0.267 e. The number of hydrogen-bond acceptors (Lipinski definition) is 3. The summed E-state index contributed by atoms with van der Waals surface area (Å²) in [7, 11) is 0. The number of rotatable bonds is 2. The number of hydrogen-bond donors (Lipinski definition) is 2. The zero-order chi connectivity index (χ0) is 10.8. The van der Waals surface area contributed by atoms with Crippen molar-refractivity contribution in [2.75, 3.05) is 5.32 Å². The van der Waals surface area contributed by atoms with Crippen LogP contribution in [0.4, 0.5) is 5.82 Å². The van der Waals surface area contributed by atoms with Gasteiger partial charge in [-0.1, -0.05) is 6.92 Å². The molecule has 2 rings (SSSR count). The number of aromatic amines is 1. The van der Waals surface area contributed by atoms with E-state index in [-0.39, 0.29) is 5.56 Å². The highest BCUT2D eigenvalue weighted by atomic mass is 79.9. The van der Waals surface area contributed by atoms with E-state index in [1.807, 2.05) is 0 Å². The van der Waals surface area contributed by atoms with Gasteiger partial charge in [0.25, 0.3) is 5.56 Å². The highest BCUT2D eigenvalue weighted by molar-refractivity contribution is 9.10. The van der Waals surface area contributed by atoms with Crippen molar-refractivity contribution in [3.63, 3.8) is 0 Å². The van der Waals surface area contributed by atoms with Crippen molar-refractivity contribution in [1.82, 2.24) is 9.97 Å². The first-order chi connectivity index (χ1) is 7.16. The maximum atomic E-state index is 11.3.